The summed E-state index contributed by atoms with van der Waals surface area (Å²) in [5.74, 6) is 2.21. The van der Waals surface area contributed by atoms with E-state index < -0.39 is 0 Å². The zero-order valence-corrected chi connectivity index (χ0v) is 21.5. The minimum absolute atomic E-state index is 0.198. The van der Waals surface area contributed by atoms with Crippen LogP contribution in [0.15, 0.2) is 59.0 Å². The van der Waals surface area contributed by atoms with Gasteiger partial charge in [-0.25, -0.2) is 4.98 Å². The molecule has 0 amide bonds. The smallest absolute Gasteiger partial charge is 0.226 e. The lowest BCUT2D eigenvalue weighted by Crippen LogP contribution is -2.36. The number of aromatic nitrogens is 1. The fraction of sp³-hybridized carbons (Fsp3) is 0.467. The van der Waals surface area contributed by atoms with E-state index in [9.17, 15) is 4.79 Å². The highest BCUT2D eigenvalue weighted by atomic mass is 16.4. The molecule has 0 spiro atoms. The van der Waals surface area contributed by atoms with Crippen molar-refractivity contribution in [3.8, 4) is 11.5 Å². The van der Waals surface area contributed by atoms with Gasteiger partial charge in [-0.3, -0.25) is 9.69 Å². The fourth-order valence-corrected chi connectivity index (χ4v) is 4.96. The number of rotatable bonds is 11. The second-order valence-electron chi connectivity index (χ2n) is 9.61. The largest absolute Gasteiger partial charge is 0.441 e. The second-order valence-corrected chi connectivity index (χ2v) is 9.61. The molecule has 2 aromatic carbocycles. The monoisotopic (exact) mass is 473 g/mol. The number of hydrogen-bond acceptors (Lipinski definition) is 5. The normalized spacial score (nSPS) is 14.8. The Bertz CT molecular complexity index is 1070. The summed E-state index contributed by atoms with van der Waals surface area (Å²) >= 11 is 0. The van der Waals surface area contributed by atoms with Gasteiger partial charge in [0.25, 0.3) is 0 Å². The van der Waals surface area contributed by atoms with Gasteiger partial charge in [-0.05, 0) is 82.4 Å². The van der Waals surface area contributed by atoms with Crippen LogP contribution < -0.4 is 4.90 Å². The number of oxazole rings is 1. The predicted octanol–water partition coefficient (Wildman–Crippen LogP) is 6.30. The molecular formula is C30H39N3O2. The van der Waals surface area contributed by atoms with E-state index in [2.05, 4.69) is 72.2 Å². The Hall–Kier alpha value is -2.92. The molecule has 186 valence electrons. The summed E-state index contributed by atoms with van der Waals surface area (Å²) in [5.41, 5.74) is 4.58. The van der Waals surface area contributed by atoms with E-state index in [1.165, 1.54) is 11.3 Å². The van der Waals surface area contributed by atoms with Gasteiger partial charge in [0, 0.05) is 43.2 Å². The van der Waals surface area contributed by atoms with Gasteiger partial charge in [0.2, 0.25) is 5.89 Å². The van der Waals surface area contributed by atoms with E-state index >= 15 is 0 Å². The molecule has 1 aromatic heterocycles. The lowest BCUT2D eigenvalue weighted by molar-refractivity contribution is -0.124. The number of likely N-dealkylation sites (tertiary alicyclic amines) is 1. The van der Waals surface area contributed by atoms with Crippen molar-refractivity contribution in [2.75, 3.05) is 31.1 Å². The van der Waals surface area contributed by atoms with Crippen molar-refractivity contribution in [2.24, 2.45) is 5.92 Å². The van der Waals surface area contributed by atoms with Crippen molar-refractivity contribution in [1.29, 1.82) is 0 Å². The minimum Gasteiger partial charge on any atom is -0.441 e. The zero-order chi connectivity index (χ0) is 24.6. The summed E-state index contributed by atoms with van der Waals surface area (Å²) in [6, 6.07) is 18.9. The summed E-state index contributed by atoms with van der Waals surface area (Å²) < 4.78 is 5.98. The van der Waals surface area contributed by atoms with Gasteiger partial charge >= 0.3 is 0 Å². The van der Waals surface area contributed by atoms with E-state index in [0.29, 0.717) is 18.1 Å². The highest BCUT2D eigenvalue weighted by Crippen LogP contribution is 2.26. The molecule has 35 heavy (non-hydrogen) atoms. The highest BCUT2D eigenvalue weighted by molar-refractivity contribution is 5.81. The Balaban J connectivity index is 1.23. The molecule has 4 rings (SSSR count). The molecule has 1 aliphatic heterocycles. The molecule has 0 bridgehead atoms. The van der Waals surface area contributed by atoms with Crippen LogP contribution in [0.2, 0.25) is 0 Å². The number of para-hydroxylation sites is 1. The van der Waals surface area contributed by atoms with Crippen LogP contribution in [0.25, 0.3) is 11.5 Å². The maximum atomic E-state index is 12.9. The van der Waals surface area contributed by atoms with Crippen LogP contribution in [-0.4, -0.2) is 41.8 Å². The molecule has 0 saturated carbocycles. The van der Waals surface area contributed by atoms with Crippen LogP contribution in [0.1, 0.15) is 56.5 Å². The molecule has 0 atom stereocenters. The third-order valence-electron chi connectivity index (χ3n) is 7.27. The summed E-state index contributed by atoms with van der Waals surface area (Å²) in [6.07, 6.45) is 4.51. The van der Waals surface area contributed by atoms with Crippen molar-refractivity contribution < 1.29 is 9.21 Å². The number of carbonyl (C=O) groups is 1. The average molecular weight is 474 g/mol. The fourth-order valence-electron chi connectivity index (χ4n) is 4.96. The van der Waals surface area contributed by atoms with Crippen LogP contribution in [0.3, 0.4) is 0 Å². The number of anilines is 1. The first-order chi connectivity index (χ1) is 17.1. The third kappa shape index (κ3) is 6.61. The molecular weight excluding hydrogens is 434 g/mol. The van der Waals surface area contributed by atoms with E-state index in [4.69, 9.17) is 9.40 Å². The Kier molecular flexibility index (Phi) is 8.75. The van der Waals surface area contributed by atoms with Crippen molar-refractivity contribution >= 4 is 11.5 Å². The average Bonchev–Trinajstić information content (AvgIpc) is 3.27. The van der Waals surface area contributed by atoms with Gasteiger partial charge in [-0.1, -0.05) is 37.3 Å². The van der Waals surface area contributed by atoms with Crippen LogP contribution in [0.4, 0.5) is 5.69 Å². The Morgan fingerprint density at radius 2 is 1.77 bits per heavy atom. The summed E-state index contributed by atoms with van der Waals surface area (Å²) in [5, 5.41) is 0. The highest BCUT2D eigenvalue weighted by Gasteiger charge is 2.26. The number of nitrogens with zero attached hydrogens (tertiary/aromatic N) is 3. The van der Waals surface area contributed by atoms with Gasteiger partial charge in [-0.15, -0.1) is 0 Å². The summed E-state index contributed by atoms with van der Waals surface area (Å²) in [7, 11) is 0. The van der Waals surface area contributed by atoms with Crippen molar-refractivity contribution in [3.63, 3.8) is 0 Å². The Morgan fingerprint density at radius 1 is 1.06 bits per heavy atom. The first-order valence-electron chi connectivity index (χ1n) is 13.2. The van der Waals surface area contributed by atoms with Crippen molar-refractivity contribution in [3.05, 3.63) is 71.6 Å². The number of hydrogen-bond donors (Lipinski definition) is 0. The maximum Gasteiger partial charge on any atom is 0.226 e. The molecule has 1 fully saturated rings. The Labute approximate surface area is 210 Å². The van der Waals surface area contributed by atoms with Gasteiger partial charge in [0.1, 0.15) is 11.5 Å². The van der Waals surface area contributed by atoms with Crippen LogP contribution in [0, 0.1) is 12.8 Å². The van der Waals surface area contributed by atoms with Crippen LogP contribution >= 0.6 is 0 Å². The number of carbonyl (C=O) groups excluding carboxylic acids is 1. The van der Waals surface area contributed by atoms with Gasteiger partial charge < -0.3 is 9.32 Å². The molecule has 5 nitrogen and oxygen atoms in total. The first kappa shape index (κ1) is 25.2. The number of Topliss-reactive ketones (excluding diaryl/α,β-unsaturated/α-hetero) is 1. The van der Waals surface area contributed by atoms with Gasteiger partial charge in [-0.2, -0.15) is 0 Å². The molecule has 5 heteroatoms. The molecule has 1 aliphatic rings. The van der Waals surface area contributed by atoms with Gasteiger partial charge in [0.05, 0.1) is 5.69 Å². The Morgan fingerprint density at radius 3 is 2.43 bits per heavy atom. The summed E-state index contributed by atoms with van der Waals surface area (Å²) in [4.78, 5) is 22.4. The maximum absolute atomic E-state index is 12.9. The SMILES string of the molecule is CCc1ccc(-c2nc(CN3CCC(C(=O)CCCN(CC)c4ccccc4)CC3)c(C)o2)cc1. The molecule has 1 saturated heterocycles. The molecule has 0 aliphatic carbocycles. The van der Waals surface area contributed by atoms with E-state index in [1.54, 1.807) is 0 Å². The molecule has 3 aromatic rings. The van der Waals surface area contributed by atoms with E-state index in [1.807, 2.05) is 13.0 Å². The van der Waals surface area contributed by atoms with Gasteiger partial charge in [0.15, 0.2) is 0 Å². The lowest BCUT2D eigenvalue weighted by Gasteiger charge is -2.31. The number of aryl methyl sites for hydroxylation is 2. The number of benzene rings is 2. The zero-order valence-electron chi connectivity index (χ0n) is 21.5. The third-order valence-corrected chi connectivity index (χ3v) is 7.27. The summed E-state index contributed by atoms with van der Waals surface area (Å²) in [6.45, 7) is 10.9. The topological polar surface area (TPSA) is 49.6 Å². The number of ketones is 1. The van der Waals surface area contributed by atoms with E-state index in [-0.39, 0.29) is 5.92 Å². The second kappa shape index (κ2) is 12.2. The lowest BCUT2D eigenvalue weighted by atomic mass is 9.90. The molecule has 2 heterocycles. The molecule has 0 unspecified atom stereocenters. The first-order valence-corrected chi connectivity index (χ1v) is 13.2. The number of piperidine rings is 1. The predicted molar refractivity (Wildman–Crippen MR) is 143 cm³/mol. The van der Waals surface area contributed by atoms with Crippen molar-refractivity contribution in [2.45, 2.75) is 59.4 Å². The molecule has 0 radical (unpaired) electrons. The quantitative estimate of drug-likeness (QED) is 0.327. The van der Waals surface area contributed by atoms with Crippen LogP contribution in [-0.2, 0) is 17.8 Å². The standard InChI is InChI=1S/C30H39N3O2/c1-4-24-13-15-26(16-14-24)30-31-28(23(3)35-30)22-32-20-17-25(18-21-32)29(34)12-9-19-33(5-2)27-10-7-6-8-11-27/h6-8,10-11,13-16,25H,4-5,9,12,17-22H2,1-3H3. The van der Waals surface area contributed by atoms with Crippen LogP contribution in [0.5, 0.6) is 0 Å². The minimum atomic E-state index is 0.198. The molecule has 0 N–H and O–H groups in total. The van der Waals surface area contributed by atoms with E-state index in [0.717, 1.165) is 75.4 Å². The van der Waals surface area contributed by atoms with Crippen molar-refractivity contribution in [1.82, 2.24) is 9.88 Å².